The molecule has 1 aliphatic heterocycles. The van der Waals surface area contributed by atoms with Crippen molar-refractivity contribution in [1.82, 2.24) is 14.9 Å². The number of hydrogen-bond acceptors (Lipinski definition) is 3. The number of nitrogens with zero attached hydrogens (tertiary/aromatic N) is 2. The van der Waals surface area contributed by atoms with Crippen molar-refractivity contribution in [3.8, 4) is 17.1 Å². The van der Waals surface area contributed by atoms with Crippen LogP contribution in [0.25, 0.3) is 11.4 Å². The Hall–Kier alpha value is -1.81. The Morgan fingerprint density at radius 3 is 2.62 bits per heavy atom. The second-order valence-electron chi connectivity index (χ2n) is 5.57. The lowest BCUT2D eigenvalue weighted by molar-refractivity contribution is 0.205. The maximum absolute atomic E-state index is 5.81. The summed E-state index contributed by atoms with van der Waals surface area (Å²) in [6.45, 7) is 4.47. The van der Waals surface area contributed by atoms with E-state index in [0.29, 0.717) is 0 Å². The van der Waals surface area contributed by atoms with Crippen molar-refractivity contribution in [2.75, 3.05) is 26.2 Å². The number of aromatic amines is 1. The number of hydrogen-bond donors (Lipinski definition) is 1. The quantitative estimate of drug-likeness (QED) is 0.828. The molecule has 0 radical (unpaired) electrons. The van der Waals surface area contributed by atoms with E-state index in [1.165, 1.54) is 32.4 Å². The van der Waals surface area contributed by atoms with Gasteiger partial charge < -0.3 is 14.6 Å². The van der Waals surface area contributed by atoms with Crippen molar-refractivity contribution in [3.05, 3.63) is 36.7 Å². The molecule has 1 aromatic carbocycles. The van der Waals surface area contributed by atoms with Gasteiger partial charge in [-0.25, -0.2) is 4.98 Å². The Kier molecular flexibility index (Phi) is 4.90. The molecular formula is C17H23N3O. The molecule has 0 aliphatic carbocycles. The molecule has 4 nitrogen and oxygen atoms in total. The number of benzene rings is 1. The largest absolute Gasteiger partial charge is 0.494 e. The van der Waals surface area contributed by atoms with Gasteiger partial charge in [0.15, 0.2) is 0 Å². The first-order chi connectivity index (χ1) is 10.4. The van der Waals surface area contributed by atoms with Crippen LogP contribution in [0, 0.1) is 0 Å². The Labute approximate surface area is 126 Å². The van der Waals surface area contributed by atoms with Gasteiger partial charge in [-0.1, -0.05) is 6.42 Å². The number of nitrogens with one attached hydrogen (secondary N) is 1. The van der Waals surface area contributed by atoms with Crippen LogP contribution in [0.1, 0.15) is 25.7 Å². The number of ether oxygens (including phenoxy) is 1. The topological polar surface area (TPSA) is 41.1 Å². The van der Waals surface area contributed by atoms with E-state index in [1.807, 2.05) is 30.5 Å². The van der Waals surface area contributed by atoms with Crippen LogP contribution in [-0.2, 0) is 0 Å². The summed E-state index contributed by atoms with van der Waals surface area (Å²) in [5.41, 5.74) is 1.08. The highest BCUT2D eigenvalue weighted by atomic mass is 16.5. The lowest BCUT2D eigenvalue weighted by Gasteiger charge is -2.26. The summed E-state index contributed by atoms with van der Waals surface area (Å²) < 4.78 is 5.81. The molecule has 0 saturated carbocycles. The lowest BCUT2D eigenvalue weighted by Crippen LogP contribution is -2.31. The van der Waals surface area contributed by atoms with Crippen LogP contribution in [0.2, 0.25) is 0 Å². The van der Waals surface area contributed by atoms with E-state index in [0.717, 1.165) is 36.7 Å². The molecule has 0 atom stereocenters. The smallest absolute Gasteiger partial charge is 0.137 e. The highest BCUT2D eigenvalue weighted by Gasteiger charge is 2.09. The standard InChI is InChI=1S/C17H23N3O/c1-2-11-20(12-3-1)13-4-14-21-16-7-5-15(6-8-16)17-18-9-10-19-17/h5-10H,1-4,11-14H2,(H,18,19). The van der Waals surface area contributed by atoms with E-state index in [9.17, 15) is 0 Å². The van der Waals surface area contributed by atoms with E-state index in [1.54, 1.807) is 6.20 Å². The summed E-state index contributed by atoms with van der Waals surface area (Å²) >= 11 is 0. The maximum atomic E-state index is 5.81. The number of likely N-dealkylation sites (tertiary alicyclic amines) is 1. The molecule has 3 rings (SSSR count). The van der Waals surface area contributed by atoms with E-state index in [-0.39, 0.29) is 0 Å². The van der Waals surface area contributed by atoms with Gasteiger partial charge in [-0.05, 0) is 56.6 Å². The van der Waals surface area contributed by atoms with Gasteiger partial charge in [-0.15, -0.1) is 0 Å². The van der Waals surface area contributed by atoms with E-state index >= 15 is 0 Å². The van der Waals surface area contributed by atoms with Gasteiger partial charge in [0.05, 0.1) is 6.61 Å². The predicted octanol–water partition coefficient (Wildman–Crippen LogP) is 3.33. The van der Waals surface area contributed by atoms with E-state index < -0.39 is 0 Å². The minimum Gasteiger partial charge on any atom is -0.494 e. The molecule has 21 heavy (non-hydrogen) atoms. The molecule has 1 aliphatic rings. The average molecular weight is 285 g/mol. The zero-order chi connectivity index (χ0) is 14.3. The first-order valence-electron chi connectivity index (χ1n) is 7.87. The van der Waals surface area contributed by atoms with E-state index in [2.05, 4.69) is 14.9 Å². The minimum atomic E-state index is 0.788. The Bertz CT molecular complexity index is 515. The van der Waals surface area contributed by atoms with Gasteiger partial charge in [0.1, 0.15) is 11.6 Å². The third kappa shape index (κ3) is 4.08. The van der Waals surface area contributed by atoms with Crippen LogP contribution in [0.3, 0.4) is 0 Å². The SMILES string of the molecule is c1c[nH]c(-c2ccc(OCCCN3CCCCC3)cc2)n1. The van der Waals surface area contributed by atoms with Crippen LogP contribution >= 0.6 is 0 Å². The molecular weight excluding hydrogens is 262 g/mol. The summed E-state index contributed by atoms with van der Waals surface area (Å²) in [6.07, 6.45) is 8.81. The van der Waals surface area contributed by atoms with Crippen LogP contribution < -0.4 is 4.74 Å². The average Bonchev–Trinajstić information content (AvgIpc) is 3.08. The molecule has 2 heterocycles. The second kappa shape index (κ2) is 7.27. The van der Waals surface area contributed by atoms with Gasteiger partial charge in [0.25, 0.3) is 0 Å². The van der Waals surface area contributed by atoms with Crippen LogP contribution in [0.5, 0.6) is 5.75 Å². The van der Waals surface area contributed by atoms with Crippen LogP contribution in [0.15, 0.2) is 36.7 Å². The fraction of sp³-hybridized carbons (Fsp3) is 0.471. The second-order valence-corrected chi connectivity index (χ2v) is 5.57. The third-order valence-electron chi connectivity index (χ3n) is 3.96. The molecule has 2 aromatic rings. The molecule has 4 heteroatoms. The monoisotopic (exact) mass is 285 g/mol. The van der Waals surface area contributed by atoms with Crippen molar-refractivity contribution in [1.29, 1.82) is 0 Å². The van der Waals surface area contributed by atoms with Crippen molar-refractivity contribution in [2.24, 2.45) is 0 Å². The fourth-order valence-corrected chi connectivity index (χ4v) is 2.79. The first-order valence-corrected chi connectivity index (χ1v) is 7.87. The lowest BCUT2D eigenvalue weighted by atomic mass is 10.1. The van der Waals surface area contributed by atoms with Crippen molar-refractivity contribution in [2.45, 2.75) is 25.7 Å². The van der Waals surface area contributed by atoms with E-state index in [4.69, 9.17) is 4.74 Å². The molecule has 112 valence electrons. The molecule has 1 saturated heterocycles. The number of imidazole rings is 1. The van der Waals surface area contributed by atoms with Crippen molar-refractivity contribution < 1.29 is 4.74 Å². The number of H-pyrrole nitrogens is 1. The number of rotatable bonds is 6. The summed E-state index contributed by atoms with van der Waals surface area (Å²) in [5.74, 6) is 1.83. The Balaban J connectivity index is 1.41. The van der Waals surface area contributed by atoms with Gasteiger partial charge >= 0.3 is 0 Å². The molecule has 0 bridgehead atoms. The molecule has 0 spiro atoms. The van der Waals surface area contributed by atoms with Gasteiger partial charge in [-0.2, -0.15) is 0 Å². The van der Waals surface area contributed by atoms with Gasteiger partial charge in [-0.3, -0.25) is 0 Å². The maximum Gasteiger partial charge on any atom is 0.137 e. The third-order valence-corrected chi connectivity index (χ3v) is 3.96. The molecule has 1 N–H and O–H groups in total. The summed E-state index contributed by atoms with van der Waals surface area (Å²) in [7, 11) is 0. The zero-order valence-corrected chi connectivity index (χ0v) is 12.4. The molecule has 1 fully saturated rings. The van der Waals surface area contributed by atoms with Crippen LogP contribution in [-0.4, -0.2) is 41.1 Å². The van der Waals surface area contributed by atoms with Crippen LogP contribution in [0.4, 0.5) is 0 Å². The normalized spacial score (nSPS) is 16.0. The molecule has 1 aromatic heterocycles. The minimum absolute atomic E-state index is 0.788. The highest BCUT2D eigenvalue weighted by Crippen LogP contribution is 2.19. The summed E-state index contributed by atoms with van der Waals surface area (Å²) in [6, 6.07) is 8.11. The molecule has 0 amide bonds. The Morgan fingerprint density at radius 1 is 1.10 bits per heavy atom. The molecule has 0 unspecified atom stereocenters. The zero-order valence-electron chi connectivity index (χ0n) is 12.4. The number of piperidine rings is 1. The fourth-order valence-electron chi connectivity index (χ4n) is 2.79. The van der Waals surface area contributed by atoms with Crippen molar-refractivity contribution >= 4 is 0 Å². The van der Waals surface area contributed by atoms with Gasteiger partial charge in [0.2, 0.25) is 0 Å². The Morgan fingerprint density at radius 2 is 1.90 bits per heavy atom. The number of aromatic nitrogens is 2. The van der Waals surface area contributed by atoms with Gasteiger partial charge in [0, 0.05) is 24.5 Å². The predicted molar refractivity (Wildman–Crippen MR) is 84.4 cm³/mol. The summed E-state index contributed by atoms with van der Waals surface area (Å²) in [4.78, 5) is 9.89. The summed E-state index contributed by atoms with van der Waals surface area (Å²) in [5, 5.41) is 0. The first kappa shape index (κ1) is 14.1. The highest BCUT2D eigenvalue weighted by molar-refractivity contribution is 5.55. The van der Waals surface area contributed by atoms with Crippen molar-refractivity contribution in [3.63, 3.8) is 0 Å².